The van der Waals surface area contributed by atoms with Crippen LogP contribution in [-0.2, 0) is 0 Å². The molecule has 0 saturated heterocycles. The van der Waals surface area contributed by atoms with Crippen molar-refractivity contribution in [2.45, 2.75) is 0 Å². The van der Waals surface area contributed by atoms with Crippen LogP contribution in [0.2, 0.25) is 0 Å². The van der Waals surface area contributed by atoms with Crippen molar-refractivity contribution in [3.05, 3.63) is 90.5 Å². The maximum absolute atomic E-state index is 12.1. The van der Waals surface area contributed by atoms with Crippen LogP contribution in [0.5, 0.6) is 0 Å². The van der Waals surface area contributed by atoms with E-state index >= 15 is 0 Å². The molecule has 2 amide bonds. The second-order valence-corrected chi connectivity index (χ2v) is 7.93. The normalized spacial score (nSPS) is 11.1. The summed E-state index contributed by atoms with van der Waals surface area (Å²) < 4.78 is 7.30. The highest BCUT2D eigenvalue weighted by Crippen LogP contribution is 2.10. The summed E-state index contributed by atoms with van der Waals surface area (Å²) in [4.78, 5) is 24.2. The molecular weight excluding hydrogens is 598 g/mol. The van der Waals surface area contributed by atoms with Gasteiger partial charge in [-0.15, -0.1) is 0 Å². The third-order valence-electron chi connectivity index (χ3n) is 3.60. The van der Waals surface area contributed by atoms with Gasteiger partial charge in [0.1, 0.15) is 0 Å². The molecule has 3 aromatic rings. The number of carbonyl (C=O) groups is 2. The van der Waals surface area contributed by atoms with Crippen molar-refractivity contribution in [1.82, 2.24) is 10.9 Å². The summed E-state index contributed by atoms with van der Waals surface area (Å²) in [6, 6.07) is 18.0. The van der Waals surface area contributed by atoms with E-state index in [9.17, 15) is 9.59 Å². The molecule has 0 unspecified atom stereocenters. The fourth-order valence-corrected chi connectivity index (χ4v) is 3.23. The lowest BCUT2D eigenvalue weighted by Gasteiger charge is -1.99. The molecular formula is C20H14I2N4O3. The SMILES string of the molecule is O=C(N/N=C/c1ccccc1I)c1ccc(C(=O)N/N=C/c2ccccc2I)o1. The van der Waals surface area contributed by atoms with Crippen LogP contribution in [0.4, 0.5) is 0 Å². The van der Waals surface area contributed by atoms with Crippen LogP contribution in [0.1, 0.15) is 32.2 Å². The van der Waals surface area contributed by atoms with Crippen LogP contribution in [0.3, 0.4) is 0 Å². The van der Waals surface area contributed by atoms with Crippen molar-refractivity contribution in [1.29, 1.82) is 0 Å². The topological polar surface area (TPSA) is 96.1 Å². The third-order valence-corrected chi connectivity index (χ3v) is 5.57. The molecule has 0 bridgehead atoms. The molecule has 9 heteroatoms. The predicted molar refractivity (Wildman–Crippen MR) is 127 cm³/mol. The van der Waals surface area contributed by atoms with Gasteiger partial charge in [0.15, 0.2) is 11.5 Å². The second kappa shape index (κ2) is 10.3. The highest BCUT2D eigenvalue weighted by Gasteiger charge is 2.15. The van der Waals surface area contributed by atoms with E-state index in [1.165, 1.54) is 24.6 Å². The highest BCUT2D eigenvalue weighted by molar-refractivity contribution is 14.1. The Morgan fingerprint density at radius 1 is 0.724 bits per heavy atom. The quantitative estimate of drug-likeness (QED) is 0.250. The molecule has 1 heterocycles. The molecule has 0 spiro atoms. The minimum absolute atomic E-state index is 0.0309. The zero-order chi connectivity index (χ0) is 20.6. The molecule has 0 fully saturated rings. The smallest absolute Gasteiger partial charge is 0.307 e. The van der Waals surface area contributed by atoms with E-state index in [-0.39, 0.29) is 11.5 Å². The largest absolute Gasteiger partial charge is 0.446 e. The standard InChI is InChI=1S/C20H14I2N4O3/c21-15-7-3-1-5-13(15)11-23-25-19(27)17-9-10-18(29-17)20(28)26-24-12-14-6-2-4-8-16(14)22/h1-12H,(H,25,27)(H,26,28)/b23-11+,24-12+. The Labute approximate surface area is 193 Å². The van der Waals surface area contributed by atoms with Crippen LogP contribution >= 0.6 is 45.2 Å². The maximum atomic E-state index is 12.1. The Balaban J connectivity index is 1.56. The molecule has 146 valence electrons. The summed E-state index contributed by atoms with van der Waals surface area (Å²) >= 11 is 4.35. The van der Waals surface area contributed by atoms with Crippen molar-refractivity contribution >= 4 is 69.4 Å². The Morgan fingerprint density at radius 3 is 1.55 bits per heavy atom. The number of furan rings is 1. The number of hydrogen-bond acceptors (Lipinski definition) is 5. The molecule has 3 rings (SSSR count). The summed E-state index contributed by atoms with van der Waals surface area (Å²) in [5.41, 5.74) is 6.49. The molecule has 0 radical (unpaired) electrons. The van der Waals surface area contributed by atoms with Gasteiger partial charge in [-0.2, -0.15) is 10.2 Å². The summed E-state index contributed by atoms with van der Waals surface area (Å²) in [6.07, 6.45) is 3.08. The van der Waals surface area contributed by atoms with Crippen LogP contribution in [-0.4, -0.2) is 24.2 Å². The maximum Gasteiger partial charge on any atom is 0.307 e. The summed E-state index contributed by atoms with van der Waals surface area (Å²) in [6.45, 7) is 0. The number of nitrogens with one attached hydrogen (secondary N) is 2. The Kier molecular flexibility index (Phi) is 7.52. The van der Waals surface area contributed by atoms with E-state index in [1.54, 1.807) is 0 Å². The van der Waals surface area contributed by atoms with Crippen molar-refractivity contribution in [2.75, 3.05) is 0 Å². The van der Waals surface area contributed by atoms with Crippen molar-refractivity contribution in [3.8, 4) is 0 Å². The molecule has 29 heavy (non-hydrogen) atoms. The molecule has 2 aromatic carbocycles. The third kappa shape index (κ3) is 5.97. The first-order chi connectivity index (χ1) is 14.0. The fraction of sp³-hybridized carbons (Fsp3) is 0. The molecule has 7 nitrogen and oxygen atoms in total. The first-order valence-electron chi connectivity index (χ1n) is 8.30. The number of carbonyl (C=O) groups excluding carboxylic acids is 2. The Morgan fingerprint density at radius 2 is 1.14 bits per heavy atom. The Hall–Kier alpha value is -2.54. The van der Waals surface area contributed by atoms with E-state index in [2.05, 4.69) is 66.2 Å². The first kappa shape index (κ1) is 21.2. The molecule has 1 aromatic heterocycles. The van der Waals surface area contributed by atoms with Gasteiger partial charge < -0.3 is 4.42 Å². The lowest BCUT2D eigenvalue weighted by molar-refractivity contribution is 0.0902. The summed E-state index contributed by atoms with van der Waals surface area (Å²) in [7, 11) is 0. The lowest BCUT2D eigenvalue weighted by atomic mass is 10.2. The highest BCUT2D eigenvalue weighted by atomic mass is 127. The number of benzene rings is 2. The van der Waals surface area contributed by atoms with Gasteiger partial charge in [-0.05, 0) is 69.4 Å². The fourth-order valence-electron chi connectivity index (χ4n) is 2.17. The van der Waals surface area contributed by atoms with Gasteiger partial charge in [-0.1, -0.05) is 36.4 Å². The zero-order valence-corrected chi connectivity index (χ0v) is 19.1. The molecule has 0 saturated carbocycles. The average molecular weight is 612 g/mol. The number of amides is 2. The first-order valence-corrected chi connectivity index (χ1v) is 10.5. The molecule has 0 aliphatic carbocycles. The number of hydrogen-bond donors (Lipinski definition) is 2. The molecule has 0 aliphatic heterocycles. The summed E-state index contributed by atoms with van der Waals surface area (Å²) in [5, 5.41) is 7.82. The molecule has 0 aliphatic rings. The van der Waals surface area contributed by atoms with Gasteiger partial charge in [0.2, 0.25) is 0 Å². The average Bonchev–Trinajstić information content (AvgIpc) is 3.21. The van der Waals surface area contributed by atoms with Gasteiger partial charge in [0.05, 0.1) is 12.4 Å². The van der Waals surface area contributed by atoms with Gasteiger partial charge in [0, 0.05) is 18.3 Å². The lowest BCUT2D eigenvalue weighted by Crippen LogP contribution is -2.18. The van der Waals surface area contributed by atoms with Gasteiger partial charge in [-0.3, -0.25) is 9.59 Å². The Bertz CT molecular complexity index is 1010. The minimum atomic E-state index is -0.562. The number of rotatable bonds is 6. The van der Waals surface area contributed by atoms with Gasteiger partial charge in [0.25, 0.3) is 0 Å². The number of halogens is 2. The number of nitrogens with zero attached hydrogens (tertiary/aromatic N) is 2. The molecule has 2 N–H and O–H groups in total. The van der Waals surface area contributed by atoms with Crippen LogP contribution in [0, 0.1) is 7.14 Å². The molecule has 0 atom stereocenters. The van der Waals surface area contributed by atoms with Gasteiger partial charge in [-0.25, -0.2) is 10.9 Å². The number of hydrazone groups is 2. The minimum Gasteiger partial charge on any atom is -0.446 e. The van der Waals surface area contributed by atoms with Crippen LogP contribution in [0.25, 0.3) is 0 Å². The van der Waals surface area contributed by atoms with E-state index in [0.29, 0.717) is 0 Å². The van der Waals surface area contributed by atoms with Crippen LogP contribution in [0.15, 0.2) is 75.3 Å². The predicted octanol–water partition coefficient (Wildman–Crippen LogP) is 4.02. The van der Waals surface area contributed by atoms with Crippen molar-refractivity contribution < 1.29 is 14.0 Å². The van der Waals surface area contributed by atoms with E-state index in [4.69, 9.17) is 4.42 Å². The van der Waals surface area contributed by atoms with Gasteiger partial charge >= 0.3 is 11.8 Å². The second-order valence-electron chi connectivity index (χ2n) is 5.61. The van der Waals surface area contributed by atoms with Crippen molar-refractivity contribution in [3.63, 3.8) is 0 Å². The zero-order valence-electron chi connectivity index (χ0n) is 14.8. The van der Waals surface area contributed by atoms with E-state index < -0.39 is 11.8 Å². The monoisotopic (exact) mass is 612 g/mol. The van der Waals surface area contributed by atoms with E-state index in [0.717, 1.165) is 18.3 Å². The summed E-state index contributed by atoms with van der Waals surface area (Å²) in [5.74, 6) is -1.18. The van der Waals surface area contributed by atoms with Crippen molar-refractivity contribution in [2.24, 2.45) is 10.2 Å². The van der Waals surface area contributed by atoms with E-state index in [1.807, 2.05) is 48.5 Å². The van der Waals surface area contributed by atoms with Crippen LogP contribution < -0.4 is 10.9 Å².